The Morgan fingerprint density at radius 3 is 2.87 bits per heavy atom. The van der Waals surface area contributed by atoms with Crippen LogP contribution < -0.4 is 5.32 Å². The van der Waals surface area contributed by atoms with E-state index in [0.29, 0.717) is 17.8 Å². The third-order valence-electron chi connectivity index (χ3n) is 3.58. The number of nitrogens with zero attached hydrogens (tertiary/aromatic N) is 1. The molecule has 23 heavy (non-hydrogen) atoms. The number of fused-ring (bicyclic) bond motifs is 1. The van der Waals surface area contributed by atoms with Crippen LogP contribution in [0.3, 0.4) is 0 Å². The van der Waals surface area contributed by atoms with Crippen LogP contribution in [-0.4, -0.2) is 10.5 Å². The first-order valence-electron chi connectivity index (χ1n) is 7.19. The molecule has 0 atom stereocenters. The Bertz CT molecular complexity index is 930. The van der Waals surface area contributed by atoms with Gasteiger partial charge in [-0.25, -0.2) is 0 Å². The summed E-state index contributed by atoms with van der Waals surface area (Å²) >= 11 is 8.67. The van der Waals surface area contributed by atoms with Gasteiger partial charge in [0.25, 0.3) is 4.84 Å². The van der Waals surface area contributed by atoms with Crippen LogP contribution in [0, 0.1) is 11.8 Å². The van der Waals surface area contributed by atoms with Gasteiger partial charge in [-0.3, -0.25) is 9.36 Å². The van der Waals surface area contributed by atoms with Crippen LogP contribution in [0.2, 0.25) is 0 Å². The minimum atomic E-state index is -0.0566. The van der Waals surface area contributed by atoms with Gasteiger partial charge in [0.15, 0.2) is 5.58 Å². The van der Waals surface area contributed by atoms with Crippen molar-refractivity contribution < 1.29 is 9.21 Å². The first-order chi connectivity index (χ1) is 11.0. The van der Waals surface area contributed by atoms with Crippen molar-refractivity contribution in [3.63, 3.8) is 0 Å². The fourth-order valence-electron chi connectivity index (χ4n) is 2.38. The Kier molecular flexibility index (Phi) is 4.63. The highest BCUT2D eigenvalue weighted by Crippen LogP contribution is 2.21. The summed E-state index contributed by atoms with van der Waals surface area (Å²) in [6, 6.07) is 13.3. The first kappa shape index (κ1) is 16.0. The number of benzene rings is 2. The molecule has 6 heteroatoms. The number of nitrogens with one attached hydrogen (secondary N) is 1. The molecule has 0 spiro atoms. The van der Waals surface area contributed by atoms with Crippen LogP contribution in [0.1, 0.15) is 12.0 Å². The lowest BCUT2D eigenvalue weighted by molar-refractivity contribution is -0.116. The number of aromatic nitrogens is 1. The molecule has 118 valence electrons. The van der Waals surface area contributed by atoms with Crippen molar-refractivity contribution in [3.8, 4) is 0 Å². The Balaban J connectivity index is 1.70. The van der Waals surface area contributed by atoms with Gasteiger partial charge in [0.05, 0.1) is 5.52 Å². The van der Waals surface area contributed by atoms with E-state index >= 15 is 0 Å². The zero-order valence-corrected chi connectivity index (χ0v) is 14.9. The van der Waals surface area contributed by atoms with Gasteiger partial charge in [0, 0.05) is 23.1 Å². The van der Waals surface area contributed by atoms with Gasteiger partial charge in [0.1, 0.15) is 0 Å². The van der Waals surface area contributed by atoms with Gasteiger partial charge in [-0.15, -0.1) is 0 Å². The maximum Gasteiger partial charge on any atom is 0.269 e. The third kappa shape index (κ3) is 3.54. The number of para-hydroxylation sites is 2. The number of anilines is 1. The van der Waals surface area contributed by atoms with Crippen molar-refractivity contribution in [3.05, 3.63) is 57.3 Å². The summed E-state index contributed by atoms with van der Waals surface area (Å²) in [5.41, 5.74) is 3.51. The van der Waals surface area contributed by atoms with E-state index in [0.717, 1.165) is 26.8 Å². The summed E-state index contributed by atoms with van der Waals surface area (Å²) in [5, 5.41) is 2.90. The van der Waals surface area contributed by atoms with Crippen molar-refractivity contribution >= 4 is 50.8 Å². The molecule has 0 aliphatic heterocycles. The van der Waals surface area contributed by atoms with Gasteiger partial charge in [-0.1, -0.05) is 28.1 Å². The van der Waals surface area contributed by atoms with E-state index in [4.69, 9.17) is 16.6 Å². The first-order valence-corrected chi connectivity index (χ1v) is 8.39. The minimum Gasteiger partial charge on any atom is -0.429 e. The highest BCUT2D eigenvalue weighted by molar-refractivity contribution is 9.10. The van der Waals surface area contributed by atoms with Crippen molar-refractivity contribution in [2.24, 2.45) is 0 Å². The van der Waals surface area contributed by atoms with Crippen LogP contribution in [0.15, 0.2) is 51.4 Å². The highest BCUT2D eigenvalue weighted by Gasteiger charge is 2.09. The molecule has 4 nitrogen and oxygen atoms in total. The second-order valence-electron chi connectivity index (χ2n) is 5.25. The molecule has 0 fully saturated rings. The number of hydrogen-bond acceptors (Lipinski definition) is 3. The average Bonchev–Trinajstić information content (AvgIpc) is 2.84. The predicted molar refractivity (Wildman–Crippen MR) is 97.2 cm³/mol. The van der Waals surface area contributed by atoms with Gasteiger partial charge in [-0.2, -0.15) is 0 Å². The standard InChI is InChI=1S/C17H15BrN2O2S/c1-11-10-12(6-7-13(11)18)19-16(21)8-9-20-14-4-2-3-5-15(14)22-17(20)23/h2-7,10H,8-9H2,1H3,(H,19,21). The zero-order chi connectivity index (χ0) is 16.4. The number of carbonyl (C=O) groups excluding carboxylic acids is 1. The Labute approximate surface area is 147 Å². The molecule has 0 radical (unpaired) electrons. The van der Waals surface area contributed by atoms with Gasteiger partial charge in [-0.05, 0) is 55.0 Å². The van der Waals surface area contributed by atoms with Crippen molar-refractivity contribution in [2.75, 3.05) is 5.32 Å². The molecule has 2 aromatic carbocycles. The lowest BCUT2D eigenvalue weighted by Gasteiger charge is -2.08. The maximum absolute atomic E-state index is 12.2. The number of aryl methyl sites for hydroxylation is 2. The zero-order valence-electron chi connectivity index (χ0n) is 12.5. The van der Waals surface area contributed by atoms with E-state index < -0.39 is 0 Å². The molecule has 0 saturated carbocycles. The molecule has 1 amide bonds. The van der Waals surface area contributed by atoms with E-state index in [1.165, 1.54) is 0 Å². The molecule has 1 aromatic heterocycles. The molecule has 0 aliphatic carbocycles. The highest BCUT2D eigenvalue weighted by atomic mass is 79.9. The van der Waals surface area contributed by atoms with Gasteiger partial charge < -0.3 is 9.73 Å². The van der Waals surface area contributed by atoms with E-state index in [-0.39, 0.29) is 5.91 Å². The van der Waals surface area contributed by atoms with Crippen molar-refractivity contribution in [1.29, 1.82) is 0 Å². The predicted octanol–water partition coefficient (Wildman–Crippen LogP) is 5.06. The van der Waals surface area contributed by atoms with Crippen LogP contribution in [0.4, 0.5) is 5.69 Å². The topological polar surface area (TPSA) is 47.2 Å². The molecule has 0 unspecified atom stereocenters. The Morgan fingerprint density at radius 1 is 1.30 bits per heavy atom. The molecule has 3 aromatic rings. The summed E-state index contributed by atoms with van der Waals surface area (Å²) in [5.74, 6) is -0.0566. The Morgan fingerprint density at radius 2 is 2.09 bits per heavy atom. The summed E-state index contributed by atoms with van der Waals surface area (Å²) in [4.78, 5) is 12.5. The third-order valence-corrected chi connectivity index (χ3v) is 4.77. The summed E-state index contributed by atoms with van der Waals surface area (Å²) < 4.78 is 8.38. The number of halogens is 1. The van der Waals surface area contributed by atoms with Crippen LogP contribution in [0.5, 0.6) is 0 Å². The van der Waals surface area contributed by atoms with Crippen LogP contribution >= 0.6 is 28.1 Å². The van der Waals surface area contributed by atoms with E-state index in [1.807, 2.05) is 54.0 Å². The lowest BCUT2D eigenvalue weighted by atomic mass is 10.2. The second kappa shape index (κ2) is 6.68. The molecule has 0 saturated heterocycles. The van der Waals surface area contributed by atoms with Gasteiger partial charge in [0.2, 0.25) is 5.91 Å². The summed E-state index contributed by atoms with van der Waals surface area (Å²) in [6.07, 6.45) is 0.326. The van der Waals surface area contributed by atoms with Crippen LogP contribution in [-0.2, 0) is 11.3 Å². The largest absolute Gasteiger partial charge is 0.429 e. The molecule has 0 bridgehead atoms. The fourth-order valence-corrected chi connectivity index (χ4v) is 2.91. The molecule has 1 N–H and O–H groups in total. The number of carbonyl (C=O) groups is 1. The molecule has 0 aliphatic rings. The van der Waals surface area contributed by atoms with Crippen molar-refractivity contribution in [1.82, 2.24) is 4.57 Å². The number of hydrogen-bond donors (Lipinski definition) is 1. The quantitative estimate of drug-likeness (QED) is 0.632. The van der Waals surface area contributed by atoms with E-state index in [9.17, 15) is 4.79 Å². The van der Waals surface area contributed by atoms with Crippen LogP contribution in [0.25, 0.3) is 11.1 Å². The van der Waals surface area contributed by atoms with E-state index in [1.54, 1.807) is 0 Å². The average molecular weight is 391 g/mol. The van der Waals surface area contributed by atoms with Crippen molar-refractivity contribution in [2.45, 2.75) is 19.9 Å². The fraction of sp³-hybridized carbons (Fsp3) is 0.176. The summed E-state index contributed by atoms with van der Waals surface area (Å²) in [6.45, 7) is 2.47. The number of oxazole rings is 1. The molecular formula is C17H15BrN2O2S. The minimum absolute atomic E-state index is 0.0566. The van der Waals surface area contributed by atoms with E-state index in [2.05, 4.69) is 21.2 Å². The smallest absolute Gasteiger partial charge is 0.269 e. The maximum atomic E-state index is 12.2. The van der Waals surface area contributed by atoms with Gasteiger partial charge >= 0.3 is 0 Å². The number of amides is 1. The summed E-state index contributed by atoms with van der Waals surface area (Å²) in [7, 11) is 0. The molecule has 1 heterocycles. The monoisotopic (exact) mass is 390 g/mol. The Hall–Kier alpha value is -1.92. The second-order valence-corrected chi connectivity index (χ2v) is 6.45. The molecule has 3 rings (SSSR count). The normalized spacial score (nSPS) is 10.9. The molecular weight excluding hydrogens is 376 g/mol. The lowest BCUT2D eigenvalue weighted by Crippen LogP contribution is -2.14. The number of rotatable bonds is 4. The SMILES string of the molecule is Cc1cc(NC(=O)CCn2c(=S)oc3ccccc32)ccc1Br.